The lowest BCUT2D eigenvalue weighted by molar-refractivity contribution is -0.131. The van der Waals surface area contributed by atoms with Crippen LogP contribution in [0.3, 0.4) is 0 Å². The molecule has 7 nitrogen and oxygen atoms in total. The summed E-state index contributed by atoms with van der Waals surface area (Å²) in [6.45, 7) is 2.15. The fourth-order valence-electron chi connectivity index (χ4n) is 2.19. The van der Waals surface area contributed by atoms with E-state index in [2.05, 4.69) is 10.9 Å². The SMILES string of the molecule is Cc1ccc(OCCC(=O)NNC(=O)[C@@H]2CCS(=O)(=O)C2)cc1. The normalized spacial score (nSPS) is 19.1. The number of aryl methyl sites for hydroxylation is 1. The van der Waals surface area contributed by atoms with E-state index in [0.717, 1.165) is 5.56 Å². The lowest BCUT2D eigenvalue weighted by Gasteiger charge is -2.11. The Hall–Kier alpha value is -2.09. The number of ether oxygens (including phenoxy) is 1. The summed E-state index contributed by atoms with van der Waals surface area (Å²) in [6.07, 6.45) is 0.373. The molecule has 2 rings (SSSR count). The van der Waals surface area contributed by atoms with Crippen molar-refractivity contribution >= 4 is 21.7 Å². The molecule has 1 aromatic rings. The van der Waals surface area contributed by atoms with Crippen LogP contribution in [-0.2, 0) is 19.4 Å². The number of carbonyl (C=O) groups is 2. The Morgan fingerprint density at radius 3 is 2.52 bits per heavy atom. The second-order valence-corrected chi connectivity index (χ2v) is 7.78. The third kappa shape index (κ3) is 5.55. The standard InChI is InChI=1S/C15H20N2O5S/c1-11-2-4-13(5-3-11)22-8-6-14(18)16-17-15(19)12-7-9-23(20,21)10-12/h2-5,12H,6-10H2,1H3,(H,16,18)(H,17,19)/t12-/m1/s1. The van der Waals surface area contributed by atoms with Gasteiger partial charge in [-0.3, -0.25) is 20.4 Å². The Kier molecular flexibility index (Phi) is 5.59. The molecule has 0 bridgehead atoms. The number of sulfone groups is 1. The van der Waals surface area contributed by atoms with E-state index < -0.39 is 27.6 Å². The zero-order chi connectivity index (χ0) is 16.9. The van der Waals surface area contributed by atoms with Gasteiger partial charge in [0.15, 0.2) is 9.84 Å². The molecule has 0 unspecified atom stereocenters. The van der Waals surface area contributed by atoms with Crippen LogP contribution in [0.1, 0.15) is 18.4 Å². The van der Waals surface area contributed by atoms with Crippen molar-refractivity contribution in [1.29, 1.82) is 0 Å². The molecule has 23 heavy (non-hydrogen) atoms. The topological polar surface area (TPSA) is 102 Å². The van der Waals surface area contributed by atoms with Crippen LogP contribution in [0.4, 0.5) is 0 Å². The van der Waals surface area contributed by atoms with Crippen LogP contribution in [-0.4, -0.2) is 38.3 Å². The monoisotopic (exact) mass is 340 g/mol. The van der Waals surface area contributed by atoms with Crippen molar-refractivity contribution in [2.75, 3.05) is 18.1 Å². The lowest BCUT2D eigenvalue weighted by atomic mass is 10.1. The summed E-state index contributed by atoms with van der Waals surface area (Å²) in [5, 5.41) is 0. The van der Waals surface area contributed by atoms with Crippen LogP contribution in [0.15, 0.2) is 24.3 Å². The van der Waals surface area contributed by atoms with Crippen LogP contribution < -0.4 is 15.6 Å². The molecule has 1 aliphatic rings. The quantitative estimate of drug-likeness (QED) is 0.753. The highest BCUT2D eigenvalue weighted by molar-refractivity contribution is 7.91. The van der Waals surface area contributed by atoms with Crippen molar-refractivity contribution in [1.82, 2.24) is 10.9 Å². The lowest BCUT2D eigenvalue weighted by Crippen LogP contribution is -2.45. The molecule has 126 valence electrons. The summed E-state index contributed by atoms with van der Waals surface area (Å²) in [6, 6.07) is 7.45. The van der Waals surface area contributed by atoms with Crippen molar-refractivity contribution in [3.05, 3.63) is 29.8 Å². The first-order valence-corrected chi connectivity index (χ1v) is 9.16. The maximum atomic E-state index is 11.7. The van der Waals surface area contributed by atoms with E-state index in [1.807, 2.05) is 31.2 Å². The van der Waals surface area contributed by atoms with Crippen LogP contribution in [0.5, 0.6) is 5.75 Å². The van der Waals surface area contributed by atoms with Gasteiger partial charge in [-0.2, -0.15) is 0 Å². The Bertz CT molecular complexity index is 670. The molecule has 1 aromatic carbocycles. The summed E-state index contributed by atoms with van der Waals surface area (Å²) in [5.74, 6) is -0.938. The zero-order valence-corrected chi connectivity index (χ0v) is 13.7. The van der Waals surface area contributed by atoms with Crippen LogP contribution in [0.25, 0.3) is 0 Å². The second kappa shape index (κ2) is 7.45. The minimum absolute atomic E-state index is 0.0173. The van der Waals surface area contributed by atoms with Crippen molar-refractivity contribution in [2.24, 2.45) is 5.92 Å². The van der Waals surface area contributed by atoms with Crippen LogP contribution >= 0.6 is 0 Å². The van der Waals surface area contributed by atoms with E-state index >= 15 is 0 Å². The molecule has 2 N–H and O–H groups in total. The van der Waals surface area contributed by atoms with Gasteiger partial charge in [0.1, 0.15) is 5.75 Å². The number of hydrogen-bond acceptors (Lipinski definition) is 5. The van der Waals surface area contributed by atoms with E-state index in [0.29, 0.717) is 12.2 Å². The molecule has 0 aromatic heterocycles. The van der Waals surface area contributed by atoms with Gasteiger partial charge in [0.25, 0.3) is 0 Å². The molecule has 1 heterocycles. The predicted octanol–water partition coefficient (Wildman–Crippen LogP) is 0.346. The van der Waals surface area contributed by atoms with Crippen molar-refractivity contribution in [3.8, 4) is 5.75 Å². The number of amides is 2. The number of benzene rings is 1. The molecule has 1 aliphatic heterocycles. The van der Waals surface area contributed by atoms with E-state index in [1.54, 1.807) is 0 Å². The molecule has 8 heteroatoms. The molecule has 1 saturated heterocycles. The molecule has 0 spiro atoms. The van der Waals surface area contributed by atoms with E-state index in [1.165, 1.54) is 0 Å². The molecule has 0 aliphatic carbocycles. The van der Waals surface area contributed by atoms with E-state index in [9.17, 15) is 18.0 Å². The first-order valence-electron chi connectivity index (χ1n) is 7.34. The zero-order valence-electron chi connectivity index (χ0n) is 12.9. The maximum absolute atomic E-state index is 11.7. The minimum atomic E-state index is -3.12. The summed E-state index contributed by atoms with van der Waals surface area (Å²) >= 11 is 0. The largest absolute Gasteiger partial charge is 0.493 e. The molecular weight excluding hydrogens is 320 g/mol. The molecule has 1 atom stereocenters. The smallest absolute Gasteiger partial charge is 0.242 e. The number of rotatable bonds is 5. The van der Waals surface area contributed by atoms with E-state index in [-0.39, 0.29) is 24.5 Å². The van der Waals surface area contributed by atoms with Crippen molar-refractivity contribution in [3.63, 3.8) is 0 Å². The molecule has 0 saturated carbocycles. The van der Waals surface area contributed by atoms with Gasteiger partial charge in [0.2, 0.25) is 11.8 Å². The first-order chi connectivity index (χ1) is 10.9. The van der Waals surface area contributed by atoms with Gasteiger partial charge in [-0.1, -0.05) is 17.7 Å². The molecule has 2 amide bonds. The summed E-state index contributed by atoms with van der Waals surface area (Å²) in [4.78, 5) is 23.4. The van der Waals surface area contributed by atoms with Gasteiger partial charge in [-0.15, -0.1) is 0 Å². The first kappa shape index (κ1) is 17.3. The Morgan fingerprint density at radius 2 is 1.91 bits per heavy atom. The highest BCUT2D eigenvalue weighted by atomic mass is 32.2. The van der Waals surface area contributed by atoms with Crippen molar-refractivity contribution < 1.29 is 22.7 Å². The van der Waals surface area contributed by atoms with Gasteiger partial charge >= 0.3 is 0 Å². The second-order valence-electron chi connectivity index (χ2n) is 5.55. The minimum Gasteiger partial charge on any atom is -0.493 e. The van der Waals surface area contributed by atoms with Crippen LogP contribution in [0.2, 0.25) is 0 Å². The number of carbonyl (C=O) groups excluding carboxylic acids is 2. The van der Waals surface area contributed by atoms with E-state index in [4.69, 9.17) is 4.74 Å². The highest BCUT2D eigenvalue weighted by Crippen LogP contribution is 2.18. The summed E-state index contributed by atoms with van der Waals surface area (Å²) in [7, 11) is -3.12. The summed E-state index contributed by atoms with van der Waals surface area (Å²) < 4.78 is 28.0. The average Bonchev–Trinajstić information content (AvgIpc) is 2.87. The number of nitrogens with one attached hydrogen (secondary N) is 2. The molecular formula is C15H20N2O5S. The Balaban J connectivity index is 1.65. The maximum Gasteiger partial charge on any atom is 0.242 e. The van der Waals surface area contributed by atoms with Gasteiger partial charge in [0, 0.05) is 0 Å². The predicted molar refractivity (Wildman–Crippen MR) is 84.3 cm³/mol. The highest BCUT2D eigenvalue weighted by Gasteiger charge is 2.33. The molecule has 0 radical (unpaired) electrons. The van der Waals surface area contributed by atoms with Crippen LogP contribution in [0, 0.1) is 12.8 Å². The Labute approximate surface area is 135 Å². The fraction of sp³-hybridized carbons (Fsp3) is 0.467. The fourth-order valence-corrected chi connectivity index (χ4v) is 3.94. The Morgan fingerprint density at radius 1 is 1.22 bits per heavy atom. The third-order valence-corrected chi connectivity index (χ3v) is 5.32. The van der Waals surface area contributed by atoms with Gasteiger partial charge in [0.05, 0.1) is 30.5 Å². The molecule has 1 fully saturated rings. The number of hydrazine groups is 1. The van der Waals surface area contributed by atoms with Gasteiger partial charge in [-0.25, -0.2) is 8.42 Å². The third-order valence-electron chi connectivity index (χ3n) is 3.55. The summed E-state index contributed by atoms with van der Waals surface area (Å²) in [5.41, 5.74) is 5.65. The van der Waals surface area contributed by atoms with Crippen molar-refractivity contribution in [2.45, 2.75) is 19.8 Å². The van der Waals surface area contributed by atoms with Gasteiger partial charge in [-0.05, 0) is 25.5 Å². The van der Waals surface area contributed by atoms with Gasteiger partial charge < -0.3 is 4.74 Å². The average molecular weight is 340 g/mol. The number of hydrogen-bond donors (Lipinski definition) is 2.